The monoisotopic (exact) mass is 502 g/mol. The number of hydrogen-bond acceptors (Lipinski definition) is 4. The highest BCUT2D eigenvalue weighted by Crippen LogP contribution is 2.29. The molecule has 34 heavy (non-hydrogen) atoms. The van der Waals surface area contributed by atoms with Gasteiger partial charge in [0.1, 0.15) is 5.82 Å². The molecule has 0 saturated heterocycles. The average Bonchev–Trinajstić information content (AvgIpc) is 3.18. The fraction of sp³-hybridized carbons (Fsp3) is 0.360. The summed E-state index contributed by atoms with van der Waals surface area (Å²) in [5.74, 6) is -0.0370. The van der Waals surface area contributed by atoms with Crippen LogP contribution in [-0.4, -0.2) is 41.5 Å². The van der Waals surface area contributed by atoms with E-state index < -0.39 is 15.9 Å². The molecule has 2 aromatic carbocycles. The molecule has 0 unspecified atom stereocenters. The van der Waals surface area contributed by atoms with Gasteiger partial charge < -0.3 is 5.32 Å². The van der Waals surface area contributed by atoms with E-state index >= 15 is 0 Å². The zero-order valence-electron chi connectivity index (χ0n) is 20.2. The third-order valence-electron chi connectivity index (χ3n) is 5.28. The number of carbonyl (C=O) groups is 1. The second kappa shape index (κ2) is 10.3. The number of halogens is 1. The number of aromatic nitrogens is 2. The minimum Gasteiger partial charge on any atom is -0.309 e. The number of nitrogens with zero attached hydrogens (tertiary/aromatic N) is 3. The second-order valence-electron chi connectivity index (χ2n) is 9.23. The molecule has 0 spiro atoms. The second-order valence-corrected chi connectivity index (χ2v) is 11.6. The van der Waals surface area contributed by atoms with Crippen molar-refractivity contribution in [3.8, 4) is 5.69 Å². The van der Waals surface area contributed by atoms with Crippen LogP contribution in [0, 0.1) is 6.92 Å². The van der Waals surface area contributed by atoms with Crippen molar-refractivity contribution in [2.75, 3.05) is 18.4 Å². The summed E-state index contributed by atoms with van der Waals surface area (Å²) < 4.78 is 29.2. The van der Waals surface area contributed by atoms with Gasteiger partial charge in [-0.05, 0) is 37.6 Å². The molecule has 1 heterocycles. The van der Waals surface area contributed by atoms with Gasteiger partial charge in [-0.25, -0.2) is 13.1 Å². The lowest BCUT2D eigenvalue weighted by Gasteiger charge is -2.21. The van der Waals surface area contributed by atoms with Crippen molar-refractivity contribution in [1.82, 2.24) is 14.1 Å². The maximum Gasteiger partial charge on any atom is 0.243 e. The van der Waals surface area contributed by atoms with Gasteiger partial charge in [0, 0.05) is 18.0 Å². The van der Waals surface area contributed by atoms with Crippen molar-refractivity contribution < 1.29 is 13.2 Å². The van der Waals surface area contributed by atoms with Gasteiger partial charge in [-0.1, -0.05) is 69.1 Å². The summed E-state index contributed by atoms with van der Waals surface area (Å²) in [7, 11) is -3.83. The predicted octanol–water partition coefficient (Wildman–Crippen LogP) is 5.17. The Morgan fingerprint density at radius 3 is 2.35 bits per heavy atom. The van der Waals surface area contributed by atoms with E-state index in [9.17, 15) is 13.2 Å². The highest BCUT2D eigenvalue weighted by molar-refractivity contribution is 7.89. The maximum atomic E-state index is 13.2. The van der Waals surface area contributed by atoms with E-state index in [1.54, 1.807) is 41.1 Å². The zero-order chi connectivity index (χ0) is 25.1. The van der Waals surface area contributed by atoms with Crippen LogP contribution in [0.1, 0.15) is 45.4 Å². The Labute approximate surface area is 206 Å². The molecule has 0 fully saturated rings. The van der Waals surface area contributed by atoms with Crippen LogP contribution in [0.25, 0.3) is 5.69 Å². The molecule has 0 aliphatic carbocycles. The predicted molar refractivity (Wildman–Crippen MR) is 136 cm³/mol. The zero-order valence-corrected chi connectivity index (χ0v) is 21.7. The standard InChI is InChI=1S/C25H31ClN4O3S/c1-6-15-29(34(32,33)19-13-11-18(2)12-14-19)17-24(31)27-23-16-22(25(3,4)5)28-30(23)21-10-8-7-9-20(21)26/h7-14,16H,6,15,17H2,1-5H3,(H,27,31). The largest absolute Gasteiger partial charge is 0.309 e. The Morgan fingerprint density at radius 2 is 1.76 bits per heavy atom. The number of anilines is 1. The Morgan fingerprint density at radius 1 is 1.12 bits per heavy atom. The van der Waals surface area contributed by atoms with Crippen molar-refractivity contribution in [2.45, 2.75) is 51.3 Å². The van der Waals surface area contributed by atoms with Crippen molar-refractivity contribution in [1.29, 1.82) is 0 Å². The number of rotatable bonds is 8. The third kappa shape index (κ3) is 5.87. The van der Waals surface area contributed by atoms with Gasteiger partial charge in [-0.3, -0.25) is 4.79 Å². The van der Waals surface area contributed by atoms with E-state index in [4.69, 9.17) is 11.6 Å². The van der Waals surface area contributed by atoms with Gasteiger partial charge in [0.25, 0.3) is 0 Å². The van der Waals surface area contributed by atoms with Gasteiger partial charge in [-0.2, -0.15) is 9.40 Å². The molecule has 9 heteroatoms. The molecule has 0 aliphatic rings. The highest BCUT2D eigenvalue weighted by atomic mass is 35.5. The van der Waals surface area contributed by atoms with E-state index in [1.165, 1.54) is 4.31 Å². The number of sulfonamides is 1. The van der Waals surface area contributed by atoms with E-state index in [2.05, 4.69) is 10.4 Å². The number of benzene rings is 2. The minimum absolute atomic E-state index is 0.162. The van der Waals surface area contributed by atoms with Crippen LogP contribution in [0.5, 0.6) is 0 Å². The summed E-state index contributed by atoms with van der Waals surface area (Å²) in [6, 6.07) is 15.6. The molecule has 3 aromatic rings. The van der Waals surface area contributed by atoms with Crippen LogP contribution in [0.4, 0.5) is 5.82 Å². The Balaban J connectivity index is 1.91. The molecule has 1 aromatic heterocycles. The summed E-state index contributed by atoms with van der Waals surface area (Å²) in [5, 5.41) is 8.00. The van der Waals surface area contributed by atoms with Crippen molar-refractivity contribution in [3.63, 3.8) is 0 Å². The summed E-state index contributed by atoms with van der Waals surface area (Å²) in [5.41, 5.74) is 2.07. The molecule has 0 bridgehead atoms. The van der Waals surface area contributed by atoms with Gasteiger partial charge in [-0.15, -0.1) is 0 Å². The Bertz CT molecular complexity index is 1260. The smallest absolute Gasteiger partial charge is 0.243 e. The first-order valence-electron chi connectivity index (χ1n) is 11.2. The Hall–Kier alpha value is -2.68. The lowest BCUT2D eigenvalue weighted by molar-refractivity contribution is -0.116. The van der Waals surface area contributed by atoms with Crippen molar-refractivity contribution in [3.05, 3.63) is 70.9 Å². The van der Waals surface area contributed by atoms with Gasteiger partial charge >= 0.3 is 0 Å². The SMILES string of the molecule is CCCN(CC(=O)Nc1cc(C(C)(C)C)nn1-c1ccccc1Cl)S(=O)(=O)c1ccc(C)cc1. The van der Waals surface area contributed by atoms with Crippen molar-refractivity contribution >= 4 is 33.3 Å². The number of carbonyl (C=O) groups excluding carboxylic acids is 1. The van der Waals surface area contributed by atoms with E-state index in [0.717, 1.165) is 11.3 Å². The molecule has 7 nitrogen and oxygen atoms in total. The summed E-state index contributed by atoms with van der Waals surface area (Å²) >= 11 is 6.39. The fourth-order valence-electron chi connectivity index (χ4n) is 3.38. The first-order valence-corrected chi connectivity index (χ1v) is 13.0. The lowest BCUT2D eigenvalue weighted by Crippen LogP contribution is -2.38. The van der Waals surface area contributed by atoms with Crippen LogP contribution in [-0.2, 0) is 20.2 Å². The lowest BCUT2D eigenvalue weighted by atomic mass is 9.92. The third-order valence-corrected chi connectivity index (χ3v) is 7.46. The molecule has 0 aliphatic heterocycles. The molecule has 3 rings (SSSR count). The summed E-state index contributed by atoms with van der Waals surface area (Å²) in [6.07, 6.45) is 0.574. The number of nitrogens with one attached hydrogen (secondary N) is 1. The molecule has 0 radical (unpaired) electrons. The molecule has 0 atom stereocenters. The van der Waals surface area contributed by atoms with Crippen LogP contribution in [0.15, 0.2) is 59.5 Å². The van der Waals surface area contributed by atoms with Gasteiger partial charge in [0.15, 0.2) is 0 Å². The van der Waals surface area contributed by atoms with E-state index in [1.807, 2.05) is 52.8 Å². The number of amides is 1. The maximum absolute atomic E-state index is 13.2. The molecule has 0 saturated carbocycles. The van der Waals surface area contributed by atoms with Gasteiger partial charge in [0.2, 0.25) is 15.9 Å². The first kappa shape index (κ1) is 25.9. The van der Waals surface area contributed by atoms with Crippen molar-refractivity contribution in [2.24, 2.45) is 0 Å². The highest BCUT2D eigenvalue weighted by Gasteiger charge is 2.27. The topological polar surface area (TPSA) is 84.3 Å². The number of hydrogen-bond donors (Lipinski definition) is 1. The minimum atomic E-state index is -3.83. The van der Waals surface area contributed by atoms with E-state index in [0.29, 0.717) is 22.9 Å². The average molecular weight is 503 g/mol. The van der Waals surface area contributed by atoms with Crippen LogP contribution < -0.4 is 5.32 Å². The number of aryl methyl sites for hydroxylation is 1. The molecule has 182 valence electrons. The summed E-state index contributed by atoms with van der Waals surface area (Å²) in [6.45, 7) is 9.74. The Kier molecular flexibility index (Phi) is 7.85. The molecular weight excluding hydrogens is 472 g/mol. The molecular formula is C25H31ClN4O3S. The van der Waals surface area contributed by atoms with Crippen LogP contribution in [0.3, 0.4) is 0 Å². The van der Waals surface area contributed by atoms with E-state index in [-0.39, 0.29) is 23.4 Å². The normalized spacial score (nSPS) is 12.2. The van der Waals surface area contributed by atoms with Crippen LogP contribution >= 0.6 is 11.6 Å². The summed E-state index contributed by atoms with van der Waals surface area (Å²) in [4.78, 5) is 13.2. The molecule has 1 N–H and O–H groups in total. The van der Waals surface area contributed by atoms with Gasteiger partial charge in [0.05, 0.1) is 27.8 Å². The van der Waals surface area contributed by atoms with Crippen LogP contribution in [0.2, 0.25) is 5.02 Å². The first-order chi connectivity index (χ1) is 15.9. The quantitative estimate of drug-likeness (QED) is 0.460. The number of para-hydroxylation sites is 1. The fourth-order valence-corrected chi connectivity index (χ4v) is 5.08. The molecule has 1 amide bonds.